The van der Waals surface area contributed by atoms with Crippen molar-refractivity contribution in [1.82, 2.24) is 10.3 Å². The fraction of sp³-hybridized carbons (Fsp3) is 0.308. The summed E-state index contributed by atoms with van der Waals surface area (Å²) in [7, 11) is 0. The predicted octanol–water partition coefficient (Wildman–Crippen LogP) is 3.99. The Balaban J connectivity index is 2.30. The number of halogens is 1. The van der Waals surface area contributed by atoms with Gasteiger partial charge in [0.2, 0.25) is 0 Å². The fourth-order valence-electron chi connectivity index (χ4n) is 1.68. The van der Waals surface area contributed by atoms with Crippen molar-refractivity contribution in [2.24, 2.45) is 0 Å². The topological polar surface area (TPSA) is 24.9 Å². The molecule has 90 valence electrons. The van der Waals surface area contributed by atoms with E-state index < -0.39 is 0 Å². The Morgan fingerprint density at radius 2 is 1.94 bits per heavy atom. The Morgan fingerprint density at radius 1 is 1.24 bits per heavy atom. The molecule has 0 spiro atoms. The summed E-state index contributed by atoms with van der Waals surface area (Å²) >= 11 is 5.15. The molecule has 2 aromatic rings. The molecule has 1 heterocycles. The van der Waals surface area contributed by atoms with Gasteiger partial charge in [0.05, 0.1) is 6.04 Å². The van der Waals surface area contributed by atoms with Crippen molar-refractivity contribution < 1.29 is 0 Å². The lowest BCUT2D eigenvalue weighted by Crippen LogP contribution is -2.28. The number of hydrogen-bond acceptors (Lipinski definition) is 3. The Kier molecular flexibility index (Phi) is 4.31. The summed E-state index contributed by atoms with van der Waals surface area (Å²) in [4.78, 5) is 4.41. The molecule has 0 saturated heterocycles. The van der Waals surface area contributed by atoms with E-state index in [-0.39, 0.29) is 6.04 Å². The van der Waals surface area contributed by atoms with Crippen LogP contribution in [0.15, 0.2) is 40.3 Å². The van der Waals surface area contributed by atoms with E-state index in [1.807, 2.05) is 11.6 Å². The van der Waals surface area contributed by atoms with Gasteiger partial charge in [-0.3, -0.25) is 0 Å². The minimum Gasteiger partial charge on any atom is -0.302 e. The number of rotatable bonds is 4. The highest BCUT2D eigenvalue weighted by molar-refractivity contribution is 9.10. The number of benzene rings is 1. The van der Waals surface area contributed by atoms with Gasteiger partial charge in [0, 0.05) is 22.1 Å². The Labute approximate surface area is 114 Å². The molecule has 0 aliphatic heterocycles. The van der Waals surface area contributed by atoms with Gasteiger partial charge >= 0.3 is 0 Å². The van der Waals surface area contributed by atoms with Crippen LogP contribution in [0.1, 0.15) is 30.5 Å². The smallest absolute Gasteiger partial charge is 0.114 e. The highest BCUT2D eigenvalue weighted by Gasteiger charge is 2.16. The van der Waals surface area contributed by atoms with Crippen molar-refractivity contribution in [1.29, 1.82) is 0 Å². The minimum absolute atomic E-state index is 0.183. The molecule has 1 atom stereocenters. The summed E-state index contributed by atoms with van der Waals surface area (Å²) in [5.41, 5.74) is 1.25. The van der Waals surface area contributed by atoms with E-state index >= 15 is 0 Å². The van der Waals surface area contributed by atoms with Gasteiger partial charge in [-0.05, 0) is 31.5 Å². The molecule has 0 aliphatic carbocycles. The third-order valence-corrected chi connectivity index (χ3v) is 3.77. The average molecular weight is 311 g/mol. The number of thiazole rings is 1. The van der Waals surface area contributed by atoms with Crippen LogP contribution in [-0.4, -0.2) is 11.0 Å². The lowest BCUT2D eigenvalue weighted by Gasteiger charge is -2.19. The SMILES string of the molecule is CC(C)NC(c1ccc(Br)cc1)c1nccs1. The molecule has 0 radical (unpaired) electrons. The van der Waals surface area contributed by atoms with Crippen LogP contribution in [-0.2, 0) is 0 Å². The van der Waals surface area contributed by atoms with Crippen LogP contribution >= 0.6 is 27.3 Å². The Bertz CT molecular complexity index is 451. The van der Waals surface area contributed by atoms with E-state index in [4.69, 9.17) is 0 Å². The molecule has 0 amide bonds. The largest absolute Gasteiger partial charge is 0.302 e. The summed E-state index contributed by atoms with van der Waals surface area (Å²) in [6.07, 6.45) is 1.86. The van der Waals surface area contributed by atoms with Crippen LogP contribution in [0.4, 0.5) is 0 Å². The number of hydrogen-bond donors (Lipinski definition) is 1. The molecule has 0 saturated carbocycles. The zero-order valence-corrected chi connectivity index (χ0v) is 12.3. The predicted molar refractivity (Wildman–Crippen MR) is 76.4 cm³/mol. The van der Waals surface area contributed by atoms with Crippen molar-refractivity contribution >= 4 is 27.3 Å². The maximum Gasteiger partial charge on any atom is 0.114 e. The molecular formula is C13H15BrN2S. The van der Waals surface area contributed by atoms with Gasteiger partial charge in [0.1, 0.15) is 5.01 Å². The van der Waals surface area contributed by atoms with Crippen LogP contribution in [0.25, 0.3) is 0 Å². The first-order valence-electron chi connectivity index (χ1n) is 5.57. The molecule has 2 rings (SSSR count). The van der Waals surface area contributed by atoms with Crippen molar-refractivity contribution in [3.63, 3.8) is 0 Å². The van der Waals surface area contributed by atoms with Gasteiger partial charge in [0.15, 0.2) is 0 Å². The maximum atomic E-state index is 4.41. The third kappa shape index (κ3) is 3.37. The molecule has 1 unspecified atom stereocenters. The van der Waals surface area contributed by atoms with Crippen LogP contribution in [0.5, 0.6) is 0 Å². The second-order valence-electron chi connectivity index (χ2n) is 4.18. The molecule has 2 nitrogen and oxygen atoms in total. The van der Waals surface area contributed by atoms with Gasteiger partial charge in [-0.2, -0.15) is 0 Å². The second-order valence-corrected chi connectivity index (χ2v) is 6.02. The van der Waals surface area contributed by atoms with E-state index in [2.05, 4.69) is 64.3 Å². The van der Waals surface area contributed by atoms with Gasteiger partial charge < -0.3 is 5.32 Å². The van der Waals surface area contributed by atoms with Gasteiger partial charge in [-0.1, -0.05) is 28.1 Å². The van der Waals surface area contributed by atoms with Crippen LogP contribution in [0, 0.1) is 0 Å². The molecule has 0 fully saturated rings. The number of nitrogens with zero attached hydrogens (tertiary/aromatic N) is 1. The van der Waals surface area contributed by atoms with Crippen LogP contribution in [0.3, 0.4) is 0 Å². The molecule has 1 N–H and O–H groups in total. The van der Waals surface area contributed by atoms with Gasteiger partial charge in [-0.25, -0.2) is 4.98 Å². The highest BCUT2D eigenvalue weighted by atomic mass is 79.9. The molecule has 1 aromatic heterocycles. The molecule has 17 heavy (non-hydrogen) atoms. The molecule has 0 aliphatic rings. The summed E-state index contributed by atoms with van der Waals surface area (Å²) in [5, 5.41) is 6.68. The Hall–Kier alpha value is -0.710. The summed E-state index contributed by atoms with van der Waals surface area (Å²) in [6.45, 7) is 4.30. The van der Waals surface area contributed by atoms with E-state index in [0.717, 1.165) is 9.48 Å². The molecule has 4 heteroatoms. The first-order chi connectivity index (χ1) is 8.16. The van der Waals surface area contributed by atoms with Crippen molar-refractivity contribution in [2.45, 2.75) is 25.9 Å². The Morgan fingerprint density at radius 3 is 2.47 bits per heavy atom. The van der Waals surface area contributed by atoms with Crippen LogP contribution < -0.4 is 5.32 Å². The monoisotopic (exact) mass is 310 g/mol. The molecule has 1 aromatic carbocycles. The third-order valence-electron chi connectivity index (χ3n) is 2.40. The van der Waals surface area contributed by atoms with Crippen molar-refractivity contribution in [2.75, 3.05) is 0 Å². The average Bonchev–Trinajstić information content (AvgIpc) is 2.80. The normalized spacial score (nSPS) is 12.9. The maximum absolute atomic E-state index is 4.41. The quantitative estimate of drug-likeness (QED) is 0.923. The molecular weight excluding hydrogens is 296 g/mol. The lowest BCUT2D eigenvalue weighted by molar-refractivity contribution is 0.527. The van der Waals surface area contributed by atoms with Crippen molar-refractivity contribution in [3.05, 3.63) is 50.9 Å². The lowest BCUT2D eigenvalue weighted by atomic mass is 10.1. The van der Waals surface area contributed by atoms with Crippen LogP contribution in [0.2, 0.25) is 0 Å². The molecule has 0 bridgehead atoms. The highest BCUT2D eigenvalue weighted by Crippen LogP contribution is 2.25. The fourth-order valence-corrected chi connectivity index (χ4v) is 2.66. The summed E-state index contributed by atoms with van der Waals surface area (Å²) in [5.74, 6) is 0. The standard InChI is InChI=1S/C13H15BrN2S/c1-9(2)16-12(13-15-7-8-17-13)10-3-5-11(14)6-4-10/h3-9,12,16H,1-2H3. The van der Waals surface area contributed by atoms with E-state index in [1.165, 1.54) is 5.56 Å². The minimum atomic E-state index is 0.183. The van der Waals surface area contributed by atoms with Crippen molar-refractivity contribution in [3.8, 4) is 0 Å². The number of aromatic nitrogens is 1. The summed E-state index contributed by atoms with van der Waals surface area (Å²) in [6, 6.07) is 9.00. The zero-order chi connectivity index (χ0) is 12.3. The first-order valence-corrected chi connectivity index (χ1v) is 7.25. The number of nitrogens with one attached hydrogen (secondary N) is 1. The van der Waals surface area contributed by atoms with E-state index in [0.29, 0.717) is 6.04 Å². The van der Waals surface area contributed by atoms with E-state index in [1.54, 1.807) is 11.3 Å². The second kappa shape index (κ2) is 5.76. The zero-order valence-electron chi connectivity index (χ0n) is 9.85. The van der Waals surface area contributed by atoms with Gasteiger partial charge in [-0.15, -0.1) is 11.3 Å². The van der Waals surface area contributed by atoms with Gasteiger partial charge in [0.25, 0.3) is 0 Å². The summed E-state index contributed by atoms with van der Waals surface area (Å²) < 4.78 is 1.10. The first kappa shape index (κ1) is 12.7. The van der Waals surface area contributed by atoms with E-state index in [9.17, 15) is 0 Å².